The molecule has 0 fully saturated rings. The number of rotatable bonds is 6. The highest BCUT2D eigenvalue weighted by atomic mass is 16.1. The molecule has 0 aliphatic heterocycles. The summed E-state index contributed by atoms with van der Waals surface area (Å²) < 4.78 is 1.56. The van der Waals surface area contributed by atoms with Gasteiger partial charge in [0.2, 0.25) is 5.91 Å². The molecule has 0 spiro atoms. The first kappa shape index (κ1) is 19.3. The summed E-state index contributed by atoms with van der Waals surface area (Å²) in [6, 6.07) is 24.7. The summed E-state index contributed by atoms with van der Waals surface area (Å²) in [6.07, 6.45) is 1.75. The van der Waals surface area contributed by atoms with E-state index in [4.69, 9.17) is 0 Å². The monoisotopic (exact) mass is 422 g/mol. The number of para-hydroxylation sites is 1. The Balaban J connectivity index is 1.31. The van der Waals surface area contributed by atoms with Gasteiger partial charge in [-0.15, -0.1) is 5.10 Å². The third-order valence-corrected chi connectivity index (χ3v) is 4.89. The van der Waals surface area contributed by atoms with Crippen LogP contribution in [0.5, 0.6) is 0 Å². The lowest BCUT2D eigenvalue weighted by Crippen LogP contribution is -2.15. The Bertz CT molecular complexity index is 1330. The lowest BCUT2D eigenvalue weighted by atomic mass is 10.1. The predicted molar refractivity (Wildman–Crippen MR) is 119 cm³/mol. The van der Waals surface area contributed by atoms with Crippen LogP contribution < -0.4 is 5.32 Å². The van der Waals surface area contributed by atoms with Gasteiger partial charge in [0.05, 0.1) is 17.8 Å². The molecule has 0 unspecified atom stereocenters. The minimum Gasteiger partial charge on any atom is -0.325 e. The Hall–Kier alpha value is -4.66. The van der Waals surface area contributed by atoms with Crippen LogP contribution in [0.4, 0.5) is 5.69 Å². The van der Waals surface area contributed by atoms with Crippen molar-refractivity contribution in [3.05, 3.63) is 90.8 Å². The van der Waals surface area contributed by atoms with Gasteiger partial charge in [-0.2, -0.15) is 5.10 Å². The van der Waals surface area contributed by atoms with Gasteiger partial charge in [0.25, 0.3) is 0 Å². The summed E-state index contributed by atoms with van der Waals surface area (Å²) in [5.74, 6) is 1.06. The summed E-state index contributed by atoms with van der Waals surface area (Å²) in [5.41, 5.74) is 4.05. The number of aromatic amines is 1. The van der Waals surface area contributed by atoms with Crippen LogP contribution in [0.2, 0.25) is 0 Å². The van der Waals surface area contributed by atoms with Crippen LogP contribution in [0.15, 0.2) is 85.2 Å². The van der Waals surface area contributed by atoms with Crippen molar-refractivity contribution >= 4 is 11.6 Å². The predicted octanol–water partition coefficient (Wildman–Crippen LogP) is 3.30. The minimum absolute atomic E-state index is 0.129. The van der Waals surface area contributed by atoms with E-state index in [9.17, 15) is 4.79 Å². The van der Waals surface area contributed by atoms with E-state index in [1.54, 1.807) is 4.68 Å². The summed E-state index contributed by atoms with van der Waals surface area (Å²) in [5, 5.41) is 21.4. The van der Waals surface area contributed by atoms with Crippen LogP contribution in [-0.4, -0.2) is 41.3 Å². The molecule has 0 saturated carbocycles. The van der Waals surface area contributed by atoms with Crippen molar-refractivity contribution < 1.29 is 4.79 Å². The second-order valence-electron chi connectivity index (χ2n) is 7.07. The van der Waals surface area contributed by atoms with Crippen LogP contribution >= 0.6 is 0 Å². The summed E-state index contributed by atoms with van der Waals surface area (Å²) in [4.78, 5) is 17.3. The zero-order valence-corrected chi connectivity index (χ0v) is 16.9. The quantitative estimate of drug-likeness (QED) is 0.434. The Morgan fingerprint density at radius 1 is 0.938 bits per heavy atom. The zero-order chi connectivity index (χ0) is 21.8. The largest absolute Gasteiger partial charge is 0.325 e. The molecular weight excluding hydrogens is 404 g/mol. The Morgan fingerprint density at radius 2 is 1.72 bits per heavy atom. The first-order valence-electron chi connectivity index (χ1n) is 9.96. The smallest absolute Gasteiger partial charge is 0.228 e. The molecule has 2 aromatic heterocycles. The summed E-state index contributed by atoms with van der Waals surface area (Å²) >= 11 is 0. The fraction of sp³-hybridized carbons (Fsp3) is 0.0435. The van der Waals surface area contributed by atoms with Crippen LogP contribution in [0, 0.1) is 0 Å². The van der Waals surface area contributed by atoms with Crippen molar-refractivity contribution in [3.63, 3.8) is 0 Å². The van der Waals surface area contributed by atoms with Crippen molar-refractivity contribution in [2.24, 2.45) is 0 Å². The Morgan fingerprint density at radius 3 is 2.50 bits per heavy atom. The standard InChI is InChI=1S/C23H18N8O/c32-21(14-16-10-12-18(13-11-16)31-15-24-29-30-31)25-20-9-5-4-8-19(20)23-26-22(27-28-23)17-6-2-1-3-7-17/h1-13,15H,14H2,(H,25,32)(H,26,27,28). The SMILES string of the molecule is O=C(Cc1ccc(-n2cnnn2)cc1)Nc1ccccc1-c1nc(-c2ccccc2)n[nH]1. The van der Waals surface area contributed by atoms with E-state index in [2.05, 4.69) is 36.0 Å². The number of carbonyl (C=O) groups is 1. The zero-order valence-electron chi connectivity index (χ0n) is 16.9. The van der Waals surface area contributed by atoms with Gasteiger partial charge in [0.1, 0.15) is 6.33 Å². The van der Waals surface area contributed by atoms with E-state index in [0.29, 0.717) is 17.3 Å². The highest BCUT2D eigenvalue weighted by Crippen LogP contribution is 2.27. The maximum absolute atomic E-state index is 12.7. The highest BCUT2D eigenvalue weighted by Gasteiger charge is 2.13. The average molecular weight is 422 g/mol. The first-order valence-corrected chi connectivity index (χ1v) is 9.96. The molecule has 0 aliphatic carbocycles. The van der Waals surface area contributed by atoms with E-state index < -0.39 is 0 Å². The Kier molecular flexibility index (Phi) is 5.19. The first-order chi connectivity index (χ1) is 15.8. The number of amides is 1. The molecular formula is C23H18N8O. The third-order valence-electron chi connectivity index (χ3n) is 4.89. The van der Waals surface area contributed by atoms with Crippen molar-refractivity contribution in [1.29, 1.82) is 0 Å². The molecule has 2 heterocycles. The highest BCUT2D eigenvalue weighted by molar-refractivity contribution is 5.96. The molecule has 1 amide bonds. The maximum atomic E-state index is 12.7. The molecule has 3 aromatic carbocycles. The van der Waals surface area contributed by atoms with Gasteiger partial charge in [-0.25, -0.2) is 9.67 Å². The normalized spacial score (nSPS) is 10.8. The number of nitrogens with one attached hydrogen (secondary N) is 2. The fourth-order valence-corrected chi connectivity index (χ4v) is 3.32. The number of hydrogen-bond donors (Lipinski definition) is 2. The molecule has 0 aliphatic rings. The lowest BCUT2D eigenvalue weighted by Gasteiger charge is -2.09. The van der Waals surface area contributed by atoms with Crippen molar-refractivity contribution in [2.45, 2.75) is 6.42 Å². The van der Waals surface area contributed by atoms with Crippen LogP contribution in [0.25, 0.3) is 28.5 Å². The molecule has 5 aromatic rings. The molecule has 5 rings (SSSR count). The van der Waals surface area contributed by atoms with Crippen LogP contribution in [0.1, 0.15) is 5.56 Å². The summed E-state index contributed by atoms with van der Waals surface area (Å²) in [7, 11) is 0. The number of aromatic nitrogens is 7. The molecule has 0 atom stereocenters. The van der Waals surface area contributed by atoms with E-state index >= 15 is 0 Å². The molecule has 9 heteroatoms. The number of tetrazole rings is 1. The van der Waals surface area contributed by atoms with Gasteiger partial charge >= 0.3 is 0 Å². The van der Waals surface area contributed by atoms with Gasteiger partial charge in [-0.05, 0) is 40.3 Å². The van der Waals surface area contributed by atoms with Crippen molar-refractivity contribution in [3.8, 4) is 28.5 Å². The van der Waals surface area contributed by atoms with Gasteiger partial charge in [0.15, 0.2) is 11.6 Å². The van der Waals surface area contributed by atoms with Gasteiger partial charge in [-0.1, -0.05) is 54.6 Å². The van der Waals surface area contributed by atoms with E-state index in [1.165, 1.54) is 6.33 Å². The molecule has 0 saturated heterocycles. The second kappa shape index (κ2) is 8.60. The molecule has 0 radical (unpaired) electrons. The number of hydrogen-bond acceptors (Lipinski definition) is 6. The van der Waals surface area contributed by atoms with Crippen LogP contribution in [0.3, 0.4) is 0 Å². The summed E-state index contributed by atoms with van der Waals surface area (Å²) in [6.45, 7) is 0. The van der Waals surface area contributed by atoms with Crippen LogP contribution in [-0.2, 0) is 11.2 Å². The van der Waals surface area contributed by atoms with E-state index in [-0.39, 0.29) is 12.3 Å². The number of benzene rings is 3. The van der Waals surface area contributed by atoms with Gasteiger partial charge in [0, 0.05) is 11.1 Å². The molecule has 2 N–H and O–H groups in total. The lowest BCUT2D eigenvalue weighted by molar-refractivity contribution is -0.115. The van der Waals surface area contributed by atoms with Crippen molar-refractivity contribution in [2.75, 3.05) is 5.32 Å². The minimum atomic E-state index is -0.129. The second-order valence-corrected chi connectivity index (χ2v) is 7.07. The fourth-order valence-electron chi connectivity index (χ4n) is 3.32. The number of anilines is 1. The van der Waals surface area contributed by atoms with Gasteiger partial charge in [-0.3, -0.25) is 9.89 Å². The van der Waals surface area contributed by atoms with E-state index in [0.717, 1.165) is 22.4 Å². The average Bonchev–Trinajstić information content (AvgIpc) is 3.53. The molecule has 9 nitrogen and oxygen atoms in total. The molecule has 156 valence electrons. The Labute approximate surface area is 183 Å². The number of nitrogens with zero attached hydrogens (tertiary/aromatic N) is 6. The van der Waals surface area contributed by atoms with Crippen molar-refractivity contribution in [1.82, 2.24) is 35.4 Å². The number of H-pyrrole nitrogens is 1. The molecule has 32 heavy (non-hydrogen) atoms. The molecule has 0 bridgehead atoms. The number of carbonyl (C=O) groups excluding carboxylic acids is 1. The third kappa shape index (κ3) is 4.12. The van der Waals surface area contributed by atoms with E-state index in [1.807, 2.05) is 78.9 Å². The topological polar surface area (TPSA) is 114 Å². The maximum Gasteiger partial charge on any atom is 0.228 e. The van der Waals surface area contributed by atoms with Gasteiger partial charge < -0.3 is 5.32 Å².